The predicted octanol–water partition coefficient (Wildman–Crippen LogP) is 4.52. The number of fused-ring (bicyclic) bond motifs is 1. The highest BCUT2D eigenvalue weighted by molar-refractivity contribution is 7.80. The lowest BCUT2D eigenvalue weighted by Crippen LogP contribution is -2.21. The minimum Gasteiger partial charge on any atom is -0.465 e. The number of thiophene rings is 1. The van der Waals surface area contributed by atoms with Crippen LogP contribution in [0, 0.1) is 5.92 Å². The fraction of sp³-hybridized carbons (Fsp3) is 0.353. The van der Waals surface area contributed by atoms with Gasteiger partial charge in [-0.25, -0.2) is 9.78 Å². The zero-order valence-electron chi connectivity index (χ0n) is 13.9. The van der Waals surface area contributed by atoms with Crippen molar-refractivity contribution >= 4 is 57.1 Å². The number of rotatable bonds is 3. The molecule has 0 aliphatic heterocycles. The second-order valence-corrected chi connectivity index (χ2v) is 7.94. The van der Waals surface area contributed by atoms with Crippen LogP contribution in [0.5, 0.6) is 0 Å². The Bertz CT molecular complexity index is 805. The lowest BCUT2D eigenvalue weighted by atomic mass is 9.88. The Morgan fingerprint density at radius 1 is 1.44 bits per heavy atom. The number of nitrogens with zero attached hydrogens (tertiary/aromatic N) is 1. The highest BCUT2D eigenvalue weighted by Gasteiger charge is 2.28. The van der Waals surface area contributed by atoms with Crippen LogP contribution in [0.1, 0.15) is 34.1 Å². The van der Waals surface area contributed by atoms with Crippen molar-refractivity contribution in [3.8, 4) is 0 Å². The molecule has 2 aromatic rings. The molecule has 2 aromatic heterocycles. The molecular weight excluding hydrogens is 378 g/mol. The van der Waals surface area contributed by atoms with Crippen LogP contribution in [-0.4, -0.2) is 23.2 Å². The Morgan fingerprint density at radius 2 is 2.24 bits per heavy atom. The van der Waals surface area contributed by atoms with E-state index in [1.807, 2.05) is 0 Å². The summed E-state index contributed by atoms with van der Waals surface area (Å²) in [6, 6.07) is 3.46. The summed E-state index contributed by atoms with van der Waals surface area (Å²) in [4.78, 5) is 17.7. The predicted molar refractivity (Wildman–Crippen MR) is 106 cm³/mol. The van der Waals surface area contributed by atoms with Crippen LogP contribution in [0.3, 0.4) is 0 Å². The van der Waals surface area contributed by atoms with E-state index in [-0.39, 0.29) is 5.97 Å². The molecule has 5 nitrogen and oxygen atoms in total. The van der Waals surface area contributed by atoms with Crippen LogP contribution in [-0.2, 0) is 17.6 Å². The molecule has 0 fully saturated rings. The average Bonchev–Trinajstić information content (AvgIpc) is 2.92. The van der Waals surface area contributed by atoms with E-state index in [2.05, 4.69) is 22.5 Å². The third-order valence-electron chi connectivity index (χ3n) is 4.10. The fourth-order valence-electron chi connectivity index (χ4n) is 2.86. The maximum absolute atomic E-state index is 12.3. The number of hydrogen-bond donors (Lipinski definition) is 2. The van der Waals surface area contributed by atoms with Crippen molar-refractivity contribution in [3.63, 3.8) is 0 Å². The number of carbonyl (C=O) groups is 1. The standard InChI is InChI=1S/C17H18ClN3O2S2/c1-9-3-5-11-12(7-9)25-15(14(11)16(22)23-2)21-17(24)20-13-6-4-10(18)8-19-13/h4,6,8-9H,3,5,7H2,1-2H3,(H2,19,20,21,24). The van der Waals surface area contributed by atoms with Gasteiger partial charge in [-0.05, 0) is 55.1 Å². The molecule has 0 aromatic carbocycles. The van der Waals surface area contributed by atoms with E-state index < -0.39 is 0 Å². The highest BCUT2D eigenvalue weighted by Crippen LogP contribution is 2.40. The number of pyridine rings is 1. The van der Waals surface area contributed by atoms with Gasteiger partial charge in [-0.15, -0.1) is 11.3 Å². The summed E-state index contributed by atoms with van der Waals surface area (Å²) in [5, 5.41) is 7.76. The van der Waals surface area contributed by atoms with Crippen LogP contribution in [0.15, 0.2) is 18.3 Å². The number of nitrogens with one attached hydrogen (secondary N) is 2. The van der Waals surface area contributed by atoms with Crippen LogP contribution in [0.25, 0.3) is 0 Å². The molecule has 1 unspecified atom stereocenters. The molecule has 2 N–H and O–H groups in total. The summed E-state index contributed by atoms with van der Waals surface area (Å²) in [5.74, 6) is 0.867. The number of halogens is 1. The Labute approximate surface area is 160 Å². The van der Waals surface area contributed by atoms with Crippen molar-refractivity contribution in [3.05, 3.63) is 39.4 Å². The summed E-state index contributed by atoms with van der Waals surface area (Å²) >= 11 is 12.8. The second-order valence-electron chi connectivity index (χ2n) is 5.99. The van der Waals surface area contributed by atoms with Gasteiger partial charge in [0, 0.05) is 11.1 Å². The molecular formula is C17H18ClN3O2S2. The van der Waals surface area contributed by atoms with E-state index >= 15 is 0 Å². The first-order chi connectivity index (χ1) is 12.0. The minimum atomic E-state index is -0.332. The zero-order valence-corrected chi connectivity index (χ0v) is 16.3. The number of esters is 1. The average molecular weight is 396 g/mol. The molecule has 25 heavy (non-hydrogen) atoms. The van der Waals surface area contributed by atoms with E-state index in [1.165, 1.54) is 18.2 Å². The molecule has 1 atom stereocenters. The lowest BCUT2D eigenvalue weighted by molar-refractivity contribution is 0.0601. The van der Waals surface area contributed by atoms with E-state index in [0.29, 0.717) is 27.4 Å². The quantitative estimate of drug-likeness (QED) is 0.588. The maximum Gasteiger partial charge on any atom is 0.341 e. The van der Waals surface area contributed by atoms with E-state index in [4.69, 9.17) is 28.6 Å². The molecule has 1 aliphatic carbocycles. The number of hydrogen-bond acceptors (Lipinski definition) is 5. The summed E-state index contributed by atoms with van der Waals surface area (Å²) in [6.45, 7) is 2.23. The van der Waals surface area contributed by atoms with Crippen LogP contribution in [0.2, 0.25) is 5.02 Å². The molecule has 0 radical (unpaired) electrons. The Kier molecular flexibility index (Phi) is 5.56. The van der Waals surface area contributed by atoms with Crippen molar-refractivity contribution in [2.75, 3.05) is 17.7 Å². The van der Waals surface area contributed by atoms with E-state index in [0.717, 1.165) is 29.8 Å². The van der Waals surface area contributed by atoms with E-state index in [1.54, 1.807) is 23.5 Å². The summed E-state index contributed by atoms with van der Waals surface area (Å²) in [5.41, 5.74) is 1.69. The number of anilines is 2. The third-order valence-corrected chi connectivity index (χ3v) is 5.69. The molecule has 0 saturated heterocycles. The minimum absolute atomic E-state index is 0.332. The van der Waals surface area contributed by atoms with Gasteiger partial charge < -0.3 is 15.4 Å². The molecule has 8 heteroatoms. The maximum atomic E-state index is 12.3. The van der Waals surface area contributed by atoms with Gasteiger partial charge in [0.25, 0.3) is 0 Å². The number of thiocarbonyl (C=S) groups is 1. The largest absolute Gasteiger partial charge is 0.465 e. The first-order valence-corrected chi connectivity index (χ1v) is 9.50. The monoisotopic (exact) mass is 395 g/mol. The van der Waals surface area contributed by atoms with Gasteiger partial charge in [-0.2, -0.15) is 0 Å². The number of methoxy groups -OCH3 is 1. The number of aromatic nitrogens is 1. The topological polar surface area (TPSA) is 63.2 Å². The van der Waals surface area contributed by atoms with Crippen molar-refractivity contribution in [1.29, 1.82) is 0 Å². The first kappa shape index (κ1) is 18.1. The highest BCUT2D eigenvalue weighted by atomic mass is 35.5. The SMILES string of the molecule is COC(=O)c1c(NC(=S)Nc2ccc(Cl)cn2)sc2c1CCC(C)C2. The molecule has 1 aliphatic rings. The van der Waals surface area contributed by atoms with Gasteiger partial charge in [-0.3, -0.25) is 0 Å². The van der Waals surface area contributed by atoms with E-state index in [9.17, 15) is 4.79 Å². The first-order valence-electron chi connectivity index (χ1n) is 7.90. The molecule has 0 amide bonds. The van der Waals surface area contributed by atoms with Crippen molar-refractivity contribution in [1.82, 2.24) is 4.98 Å². The molecule has 0 saturated carbocycles. The summed E-state index contributed by atoms with van der Waals surface area (Å²) in [6.07, 6.45) is 4.48. The normalized spacial score (nSPS) is 16.0. The molecule has 0 spiro atoms. The Balaban J connectivity index is 1.82. The molecule has 0 bridgehead atoms. The van der Waals surface area contributed by atoms with Gasteiger partial charge in [0.1, 0.15) is 10.8 Å². The summed E-state index contributed by atoms with van der Waals surface area (Å²) in [7, 11) is 1.40. The molecule has 132 valence electrons. The fourth-order valence-corrected chi connectivity index (χ4v) is 4.64. The van der Waals surface area contributed by atoms with Crippen LogP contribution in [0.4, 0.5) is 10.8 Å². The lowest BCUT2D eigenvalue weighted by Gasteiger charge is -2.18. The van der Waals surface area contributed by atoms with Crippen molar-refractivity contribution in [2.45, 2.75) is 26.2 Å². The third kappa shape index (κ3) is 4.11. The Morgan fingerprint density at radius 3 is 2.92 bits per heavy atom. The van der Waals surface area contributed by atoms with Gasteiger partial charge in [0.2, 0.25) is 0 Å². The molecule has 3 rings (SSSR count). The van der Waals surface area contributed by atoms with Crippen LogP contribution >= 0.6 is 35.2 Å². The zero-order chi connectivity index (χ0) is 18.0. The van der Waals surface area contributed by atoms with Gasteiger partial charge in [0.05, 0.1) is 17.7 Å². The molecule has 2 heterocycles. The van der Waals surface area contributed by atoms with Gasteiger partial charge in [-0.1, -0.05) is 18.5 Å². The number of ether oxygens (including phenoxy) is 1. The number of carbonyl (C=O) groups excluding carboxylic acids is 1. The van der Waals surface area contributed by atoms with Gasteiger partial charge >= 0.3 is 5.97 Å². The second kappa shape index (κ2) is 7.68. The van der Waals surface area contributed by atoms with Crippen molar-refractivity contribution in [2.24, 2.45) is 5.92 Å². The van der Waals surface area contributed by atoms with Crippen molar-refractivity contribution < 1.29 is 9.53 Å². The Hall–Kier alpha value is -1.70. The summed E-state index contributed by atoms with van der Waals surface area (Å²) < 4.78 is 4.98. The van der Waals surface area contributed by atoms with Crippen LogP contribution < -0.4 is 10.6 Å². The smallest absolute Gasteiger partial charge is 0.341 e. The van der Waals surface area contributed by atoms with Gasteiger partial charge in [0.15, 0.2) is 5.11 Å².